The second-order valence-corrected chi connectivity index (χ2v) is 5.42. The highest BCUT2D eigenvalue weighted by molar-refractivity contribution is 5.92. The number of halogens is 1. The van der Waals surface area contributed by atoms with Crippen molar-refractivity contribution in [3.8, 4) is 0 Å². The van der Waals surface area contributed by atoms with Gasteiger partial charge in [-0.25, -0.2) is 4.39 Å². The predicted molar refractivity (Wildman–Crippen MR) is 94.4 cm³/mol. The smallest absolute Gasteiger partial charge is 0.224 e. The van der Waals surface area contributed by atoms with Crippen LogP contribution in [0.3, 0.4) is 0 Å². The van der Waals surface area contributed by atoms with Crippen LogP contribution in [-0.2, 0) is 11.2 Å². The Morgan fingerprint density at radius 1 is 1.21 bits per heavy atom. The van der Waals surface area contributed by atoms with Gasteiger partial charge in [-0.05, 0) is 42.3 Å². The van der Waals surface area contributed by atoms with E-state index in [2.05, 4.69) is 15.6 Å². The van der Waals surface area contributed by atoms with E-state index in [1.165, 1.54) is 12.1 Å². The average Bonchev–Trinajstić information content (AvgIpc) is 2.51. The highest BCUT2D eigenvalue weighted by atomic mass is 19.1. The van der Waals surface area contributed by atoms with Crippen LogP contribution in [0.5, 0.6) is 0 Å². The molecule has 0 spiro atoms. The number of aliphatic imine (C=N–C) groups is 1. The number of guanidine groups is 1. The number of nitrogens with two attached hydrogens (primary N) is 1. The summed E-state index contributed by atoms with van der Waals surface area (Å²) in [5.41, 5.74) is 8.42. The lowest BCUT2D eigenvalue weighted by Gasteiger charge is -2.07. The molecule has 0 fully saturated rings. The van der Waals surface area contributed by atoms with Gasteiger partial charge in [0.05, 0.1) is 13.0 Å². The molecule has 0 unspecified atom stereocenters. The van der Waals surface area contributed by atoms with E-state index in [0.717, 1.165) is 11.3 Å². The molecule has 0 saturated carbocycles. The van der Waals surface area contributed by atoms with Crippen molar-refractivity contribution in [2.45, 2.75) is 13.3 Å². The quantitative estimate of drug-likeness (QED) is 0.432. The molecule has 5 nitrogen and oxygen atoms in total. The predicted octanol–water partition coefficient (Wildman–Crippen LogP) is 2.22. The van der Waals surface area contributed by atoms with E-state index in [-0.39, 0.29) is 18.1 Å². The molecule has 2 aromatic rings. The number of hydrogen-bond acceptors (Lipinski definition) is 2. The van der Waals surface area contributed by atoms with Crippen molar-refractivity contribution in [2.24, 2.45) is 10.7 Å². The highest BCUT2D eigenvalue weighted by Gasteiger charge is 2.03. The minimum absolute atomic E-state index is 0.137. The molecule has 24 heavy (non-hydrogen) atoms. The molecule has 126 valence electrons. The summed E-state index contributed by atoms with van der Waals surface area (Å²) >= 11 is 0. The summed E-state index contributed by atoms with van der Waals surface area (Å²) < 4.78 is 13.0. The van der Waals surface area contributed by atoms with Crippen LogP contribution in [0.4, 0.5) is 10.1 Å². The molecule has 1 amide bonds. The van der Waals surface area contributed by atoms with Crippen LogP contribution in [0.2, 0.25) is 0 Å². The van der Waals surface area contributed by atoms with Crippen molar-refractivity contribution in [1.82, 2.24) is 5.32 Å². The Bertz CT molecular complexity index is 730. The molecule has 2 aromatic carbocycles. The minimum Gasteiger partial charge on any atom is -0.370 e. The zero-order chi connectivity index (χ0) is 17.4. The van der Waals surface area contributed by atoms with Crippen LogP contribution >= 0.6 is 0 Å². The molecule has 0 heterocycles. The van der Waals surface area contributed by atoms with E-state index >= 15 is 0 Å². The number of carbonyl (C=O) groups excluding carboxylic acids is 1. The number of benzene rings is 2. The van der Waals surface area contributed by atoms with E-state index in [1.807, 2.05) is 31.2 Å². The lowest BCUT2D eigenvalue weighted by atomic mass is 10.1. The standard InChI is InChI=1S/C18H21FN4O/c1-13-4-2-7-16(10-13)23-18(20)22-9-8-21-17(24)12-14-5-3-6-15(19)11-14/h2-7,10-11H,8-9,12H2,1H3,(H,21,24)(H3,20,22,23). The summed E-state index contributed by atoms with van der Waals surface area (Å²) in [6.45, 7) is 2.72. The second-order valence-electron chi connectivity index (χ2n) is 5.42. The first-order chi connectivity index (χ1) is 11.5. The van der Waals surface area contributed by atoms with Gasteiger partial charge in [0.2, 0.25) is 5.91 Å². The van der Waals surface area contributed by atoms with Gasteiger partial charge in [-0.1, -0.05) is 24.3 Å². The van der Waals surface area contributed by atoms with Gasteiger partial charge in [-0.2, -0.15) is 0 Å². The van der Waals surface area contributed by atoms with E-state index in [4.69, 9.17) is 5.73 Å². The summed E-state index contributed by atoms with van der Waals surface area (Å²) in [5.74, 6) is -0.235. The molecule has 2 rings (SSSR count). The summed E-state index contributed by atoms with van der Waals surface area (Å²) in [4.78, 5) is 15.9. The number of anilines is 1. The monoisotopic (exact) mass is 328 g/mol. The first-order valence-electron chi connectivity index (χ1n) is 7.68. The maximum absolute atomic E-state index is 13.0. The zero-order valence-electron chi connectivity index (χ0n) is 13.6. The fraction of sp³-hybridized carbons (Fsp3) is 0.222. The van der Waals surface area contributed by atoms with Gasteiger partial charge in [0, 0.05) is 12.2 Å². The molecule has 0 aliphatic heterocycles. The number of rotatable bonds is 6. The summed E-state index contributed by atoms with van der Waals surface area (Å²) in [6, 6.07) is 13.8. The zero-order valence-corrected chi connectivity index (χ0v) is 13.6. The Kier molecular flexibility index (Phi) is 6.31. The first-order valence-corrected chi connectivity index (χ1v) is 7.68. The number of nitrogens with one attached hydrogen (secondary N) is 2. The van der Waals surface area contributed by atoms with Gasteiger partial charge in [0.15, 0.2) is 5.96 Å². The van der Waals surface area contributed by atoms with Crippen molar-refractivity contribution in [2.75, 3.05) is 18.4 Å². The lowest BCUT2D eigenvalue weighted by Crippen LogP contribution is -2.29. The van der Waals surface area contributed by atoms with Crippen LogP contribution in [0.25, 0.3) is 0 Å². The van der Waals surface area contributed by atoms with Crippen molar-refractivity contribution in [3.63, 3.8) is 0 Å². The molecular formula is C18H21FN4O. The molecule has 0 aliphatic rings. The fourth-order valence-corrected chi connectivity index (χ4v) is 2.18. The maximum atomic E-state index is 13.0. The second kappa shape index (κ2) is 8.67. The van der Waals surface area contributed by atoms with Crippen LogP contribution in [0.1, 0.15) is 11.1 Å². The van der Waals surface area contributed by atoms with Crippen LogP contribution in [0, 0.1) is 12.7 Å². The van der Waals surface area contributed by atoms with Crippen LogP contribution in [-0.4, -0.2) is 25.0 Å². The van der Waals surface area contributed by atoms with Gasteiger partial charge < -0.3 is 16.4 Å². The molecule has 0 radical (unpaired) electrons. The number of amides is 1. The van der Waals surface area contributed by atoms with Gasteiger partial charge in [0.1, 0.15) is 5.82 Å². The normalized spacial score (nSPS) is 11.2. The Morgan fingerprint density at radius 3 is 2.75 bits per heavy atom. The van der Waals surface area contributed by atoms with Gasteiger partial charge >= 0.3 is 0 Å². The Morgan fingerprint density at radius 2 is 2.00 bits per heavy atom. The summed E-state index contributed by atoms with van der Waals surface area (Å²) in [5, 5.41) is 5.72. The van der Waals surface area contributed by atoms with E-state index in [1.54, 1.807) is 12.1 Å². The number of nitrogens with zero attached hydrogens (tertiary/aromatic N) is 1. The number of aryl methyl sites for hydroxylation is 1. The fourth-order valence-electron chi connectivity index (χ4n) is 2.18. The van der Waals surface area contributed by atoms with Gasteiger partial charge in [0.25, 0.3) is 0 Å². The van der Waals surface area contributed by atoms with Crippen molar-refractivity contribution >= 4 is 17.6 Å². The third kappa shape index (κ3) is 6.08. The Hall–Kier alpha value is -2.89. The van der Waals surface area contributed by atoms with E-state index in [9.17, 15) is 9.18 Å². The third-order valence-corrected chi connectivity index (χ3v) is 3.26. The van der Waals surface area contributed by atoms with Crippen LogP contribution in [0.15, 0.2) is 53.5 Å². The van der Waals surface area contributed by atoms with E-state index < -0.39 is 0 Å². The molecule has 6 heteroatoms. The van der Waals surface area contributed by atoms with Gasteiger partial charge in [-0.3, -0.25) is 9.79 Å². The highest BCUT2D eigenvalue weighted by Crippen LogP contribution is 2.08. The lowest BCUT2D eigenvalue weighted by molar-refractivity contribution is -0.120. The van der Waals surface area contributed by atoms with Crippen molar-refractivity contribution in [1.29, 1.82) is 0 Å². The first kappa shape index (κ1) is 17.5. The largest absolute Gasteiger partial charge is 0.370 e. The van der Waals surface area contributed by atoms with Crippen LogP contribution < -0.4 is 16.4 Å². The molecule has 0 aromatic heterocycles. The van der Waals surface area contributed by atoms with Gasteiger partial charge in [-0.15, -0.1) is 0 Å². The average molecular weight is 328 g/mol. The molecular weight excluding hydrogens is 307 g/mol. The number of hydrogen-bond donors (Lipinski definition) is 3. The molecule has 4 N–H and O–H groups in total. The van der Waals surface area contributed by atoms with E-state index in [0.29, 0.717) is 24.6 Å². The SMILES string of the molecule is Cc1cccc(NC(N)=NCCNC(=O)Cc2cccc(F)c2)c1. The maximum Gasteiger partial charge on any atom is 0.224 e. The molecule has 0 bridgehead atoms. The summed E-state index contributed by atoms with van der Waals surface area (Å²) in [6.07, 6.45) is 0.137. The third-order valence-electron chi connectivity index (χ3n) is 3.26. The Balaban J connectivity index is 1.72. The van der Waals surface area contributed by atoms with Crippen molar-refractivity contribution in [3.05, 3.63) is 65.5 Å². The number of carbonyl (C=O) groups is 1. The van der Waals surface area contributed by atoms with Crippen molar-refractivity contribution < 1.29 is 9.18 Å². The molecule has 0 atom stereocenters. The minimum atomic E-state index is -0.347. The topological polar surface area (TPSA) is 79.5 Å². The molecule has 0 aliphatic carbocycles. The Labute approximate surface area is 140 Å². The molecule has 0 saturated heterocycles. The summed E-state index contributed by atoms with van der Waals surface area (Å²) in [7, 11) is 0.